The fourth-order valence-electron chi connectivity index (χ4n) is 14.1. The van der Waals surface area contributed by atoms with Crippen molar-refractivity contribution < 1.29 is 0 Å². The van der Waals surface area contributed by atoms with E-state index < -0.39 is 0 Å². The minimum atomic E-state index is -0.172. The van der Waals surface area contributed by atoms with Crippen LogP contribution in [-0.4, -0.2) is 0 Å². The molecule has 15 rings (SSSR count). The molecular weight excluding hydrogens is 929 g/mol. The van der Waals surface area contributed by atoms with Gasteiger partial charge in [0.2, 0.25) is 0 Å². The third-order valence-corrected chi connectivity index (χ3v) is 18.0. The minimum Gasteiger partial charge on any atom is -0.310 e. The maximum Gasteiger partial charge on any atom is 0.0502 e. The van der Waals surface area contributed by atoms with Crippen molar-refractivity contribution in [2.75, 3.05) is 9.80 Å². The summed E-state index contributed by atoms with van der Waals surface area (Å²) in [5.41, 5.74) is 24.8. The average molecular weight is 987 g/mol. The van der Waals surface area contributed by atoms with Crippen LogP contribution in [0.25, 0.3) is 76.8 Å². The van der Waals surface area contributed by atoms with Crippen molar-refractivity contribution in [3.63, 3.8) is 0 Å². The molecule has 0 N–H and O–H groups in total. The standard InChI is InChI=1S/C75H58N2/c1-73(2)61-22-10-9-21-55(61)58-44-51(37-42-62(58)73)48-31-34-49(35-32-48)71-56-40-38-54(77-69-29-17-13-25-65(69)75(5,6)66-26-14-18-30-70(66)77)46-60(56)72(52-36-33-47-19-7-8-20-50(47)43-52)57-41-39-53(45-59(57)71)76-67-27-15-11-23-63(67)74(3,4)64-24-12-16-28-68(64)76/h7-46H,1-6H3. The molecule has 0 fully saturated rings. The van der Waals surface area contributed by atoms with Crippen molar-refractivity contribution in [2.45, 2.75) is 57.8 Å². The molecule has 2 aliphatic heterocycles. The van der Waals surface area contributed by atoms with E-state index in [1.165, 1.54) is 133 Å². The van der Waals surface area contributed by atoms with E-state index in [0.717, 1.165) is 11.4 Å². The number of hydrogen-bond acceptors (Lipinski definition) is 2. The number of rotatable bonds is 5. The molecule has 368 valence electrons. The van der Waals surface area contributed by atoms with Crippen LogP contribution in [0.3, 0.4) is 0 Å². The number of hydrogen-bond donors (Lipinski definition) is 0. The summed E-state index contributed by atoms with van der Waals surface area (Å²) in [7, 11) is 0. The van der Waals surface area contributed by atoms with Gasteiger partial charge < -0.3 is 9.80 Å². The molecule has 77 heavy (non-hydrogen) atoms. The lowest BCUT2D eigenvalue weighted by molar-refractivity contribution is 0.632. The van der Waals surface area contributed by atoms with Gasteiger partial charge in [0.1, 0.15) is 0 Å². The van der Waals surface area contributed by atoms with Crippen LogP contribution >= 0.6 is 0 Å². The first kappa shape index (κ1) is 45.4. The molecule has 0 saturated heterocycles. The van der Waals surface area contributed by atoms with E-state index in [-0.39, 0.29) is 16.2 Å². The Morgan fingerprint density at radius 1 is 0.247 bits per heavy atom. The molecule has 12 aromatic carbocycles. The van der Waals surface area contributed by atoms with Crippen molar-refractivity contribution in [2.24, 2.45) is 0 Å². The first-order valence-electron chi connectivity index (χ1n) is 27.3. The summed E-state index contributed by atoms with van der Waals surface area (Å²) in [6.07, 6.45) is 0. The number of fused-ring (bicyclic) bond motifs is 10. The van der Waals surface area contributed by atoms with Gasteiger partial charge in [-0.1, -0.05) is 224 Å². The molecule has 1 aliphatic carbocycles. The zero-order valence-electron chi connectivity index (χ0n) is 44.5. The van der Waals surface area contributed by atoms with Gasteiger partial charge in [0.15, 0.2) is 0 Å². The van der Waals surface area contributed by atoms with E-state index in [1.54, 1.807) is 0 Å². The van der Waals surface area contributed by atoms with Crippen molar-refractivity contribution in [1.82, 2.24) is 0 Å². The number of anilines is 6. The van der Waals surface area contributed by atoms with Crippen LogP contribution < -0.4 is 9.80 Å². The van der Waals surface area contributed by atoms with Gasteiger partial charge in [-0.3, -0.25) is 0 Å². The van der Waals surface area contributed by atoms with Crippen LogP contribution in [0.2, 0.25) is 0 Å². The first-order valence-corrected chi connectivity index (χ1v) is 27.3. The number of nitrogens with zero attached hydrogens (tertiary/aromatic N) is 2. The summed E-state index contributed by atoms with van der Waals surface area (Å²) in [4.78, 5) is 5.01. The summed E-state index contributed by atoms with van der Waals surface area (Å²) in [5, 5.41) is 7.31. The molecule has 0 atom stereocenters. The van der Waals surface area contributed by atoms with Crippen LogP contribution in [0.1, 0.15) is 74.9 Å². The zero-order chi connectivity index (χ0) is 52.0. The van der Waals surface area contributed by atoms with Crippen LogP contribution in [0.5, 0.6) is 0 Å². The van der Waals surface area contributed by atoms with Crippen LogP contribution in [0.4, 0.5) is 34.1 Å². The maximum atomic E-state index is 2.51. The van der Waals surface area contributed by atoms with Gasteiger partial charge in [-0.2, -0.15) is 0 Å². The third kappa shape index (κ3) is 6.61. The Hall–Kier alpha value is -8.98. The Bertz CT molecular complexity index is 4340. The van der Waals surface area contributed by atoms with Gasteiger partial charge in [-0.25, -0.2) is 0 Å². The summed E-state index contributed by atoms with van der Waals surface area (Å²) >= 11 is 0. The molecule has 2 nitrogen and oxygen atoms in total. The highest BCUT2D eigenvalue weighted by Crippen LogP contribution is 2.56. The molecule has 0 spiro atoms. The molecule has 12 aromatic rings. The lowest BCUT2D eigenvalue weighted by Crippen LogP contribution is -2.30. The second-order valence-electron chi connectivity index (χ2n) is 23.3. The molecule has 2 heteroatoms. The van der Waals surface area contributed by atoms with Crippen LogP contribution in [0, 0.1) is 0 Å². The third-order valence-electron chi connectivity index (χ3n) is 18.0. The second-order valence-corrected chi connectivity index (χ2v) is 23.3. The molecular formula is C75H58N2. The molecule has 0 radical (unpaired) electrons. The smallest absolute Gasteiger partial charge is 0.0502 e. The predicted octanol–water partition coefficient (Wildman–Crippen LogP) is 20.7. The first-order chi connectivity index (χ1) is 37.5. The largest absolute Gasteiger partial charge is 0.310 e. The zero-order valence-corrected chi connectivity index (χ0v) is 44.5. The SMILES string of the molecule is CC1(C)c2ccccc2-c2cc(-c3ccc(-c4c5ccc(N6c7ccccc7C(C)(C)c7ccccc76)cc5c(-c5ccc6ccccc6c5)c5ccc(N6c7ccccc7C(C)(C)c7ccccc76)cc45)cc3)ccc21. The molecule has 3 aliphatic rings. The highest BCUT2D eigenvalue weighted by molar-refractivity contribution is 6.23. The average Bonchev–Trinajstić information content (AvgIpc) is 3.82. The summed E-state index contributed by atoms with van der Waals surface area (Å²) in [6, 6.07) is 91.8. The van der Waals surface area contributed by atoms with Crippen LogP contribution in [-0.2, 0) is 16.2 Å². The Morgan fingerprint density at radius 2 is 0.636 bits per heavy atom. The summed E-state index contributed by atoms with van der Waals surface area (Å²) < 4.78 is 0. The Labute approximate surface area is 452 Å². The van der Waals surface area contributed by atoms with Gasteiger partial charge in [0, 0.05) is 27.6 Å². The van der Waals surface area contributed by atoms with Gasteiger partial charge >= 0.3 is 0 Å². The maximum absolute atomic E-state index is 2.51. The Morgan fingerprint density at radius 3 is 1.17 bits per heavy atom. The highest BCUT2D eigenvalue weighted by Gasteiger charge is 2.39. The molecule has 0 aromatic heterocycles. The van der Waals surface area contributed by atoms with Gasteiger partial charge in [-0.15, -0.1) is 0 Å². The lowest BCUT2D eigenvalue weighted by Gasteiger charge is -2.42. The summed E-state index contributed by atoms with van der Waals surface area (Å²) in [5.74, 6) is 0. The Balaban J connectivity index is 1.01. The van der Waals surface area contributed by atoms with Crippen molar-refractivity contribution in [1.29, 1.82) is 0 Å². The Kier molecular flexibility index (Phi) is 9.74. The topological polar surface area (TPSA) is 6.48 Å². The van der Waals surface area contributed by atoms with E-state index in [4.69, 9.17) is 0 Å². The van der Waals surface area contributed by atoms with Crippen molar-refractivity contribution in [3.05, 3.63) is 276 Å². The fourth-order valence-corrected chi connectivity index (χ4v) is 14.1. The second kappa shape index (κ2) is 16.5. The molecule has 2 heterocycles. The summed E-state index contributed by atoms with van der Waals surface area (Å²) in [6.45, 7) is 14.2. The molecule has 0 saturated carbocycles. The van der Waals surface area contributed by atoms with Crippen molar-refractivity contribution in [3.8, 4) is 44.5 Å². The number of benzene rings is 12. The van der Waals surface area contributed by atoms with Crippen LogP contribution in [0.15, 0.2) is 243 Å². The lowest BCUT2D eigenvalue weighted by atomic mass is 9.73. The van der Waals surface area contributed by atoms with E-state index in [9.17, 15) is 0 Å². The van der Waals surface area contributed by atoms with E-state index in [0.29, 0.717) is 0 Å². The predicted molar refractivity (Wildman–Crippen MR) is 326 cm³/mol. The van der Waals surface area contributed by atoms with Gasteiger partial charge in [0.25, 0.3) is 0 Å². The molecule has 0 bridgehead atoms. The van der Waals surface area contributed by atoms with Gasteiger partial charge in [-0.05, 0) is 171 Å². The quantitative estimate of drug-likeness (QED) is 0.159. The van der Waals surface area contributed by atoms with Crippen molar-refractivity contribution >= 4 is 66.4 Å². The molecule has 0 amide bonds. The van der Waals surface area contributed by atoms with E-state index in [2.05, 4.69) is 294 Å². The highest BCUT2D eigenvalue weighted by atomic mass is 15.2. The fraction of sp³-hybridized carbons (Fsp3) is 0.120. The van der Waals surface area contributed by atoms with Gasteiger partial charge in [0.05, 0.1) is 22.7 Å². The normalized spacial score (nSPS) is 15.1. The minimum absolute atomic E-state index is 0.0416. The molecule has 0 unspecified atom stereocenters. The monoisotopic (exact) mass is 986 g/mol. The van der Waals surface area contributed by atoms with E-state index in [1.807, 2.05) is 0 Å². The van der Waals surface area contributed by atoms with E-state index >= 15 is 0 Å². The number of para-hydroxylation sites is 4.